The van der Waals surface area contributed by atoms with Crippen LogP contribution in [-0.4, -0.2) is 70.1 Å². The first kappa shape index (κ1) is 39.2. The number of nitrogens with zero attached hydrogens (tertiary/aromatic N) is 3. The summed E-state index contributed by atoms with van der Waals surface area (Å²) < 4.78 is 10.8. The van der Waals surface area contributed by atoms with Crippen LogP contribution in [-0.2, 0) is 36.1 Å². The lowest BCUT2D eigenvalue weighted by molar-refractivity contribution is -0.153. The summed E-state index contributed by atoms with van der Waals surface area (Å²) in [5, 5.41) is 12.2. The molecule has 2 aliphatic rings. The predicted molar refractivity (Wildman–Crippen MR) is 222 cm³/mol. The van der Waals surface area contributed by atoms with Gasteiger partial charge in [-0.1, -0.05) is 114 Å². The van der Waals surface area contributed by atoms with Crippen molar-refractivity contribution >= 4 is 63.3 Å². The van der Waals surface area contributed by atoms with Crippen molar-refractivity contribution in [2.75, 3.05) is 30.7 Å². The summed E-state index contributed by atoms with van der Waals surface area (Å²) in [5.41, 5.74) is 3.43. The van der Waals surface area contributed by atoms with E-state index in [-0.39, 0.29) is 36.2 Å². The molecule has 1 fully saturated rings. The number of carbonyl (C=O) groups excluding carboxylic acids is 3. The van der Waals surface area contributed by atoms with Gasteiger partial charge in [-0.25, -0.2) is 9.78 Å². The van der Waals surface area contributed by atoms with Crippen LogP contribution in [0, 0.1) is 12.3 Å². The molecule has 0 spiro atoms. The average Bonchev–Trinajstić information content (AvgIpc) is 3.73. The monoisotopic (exact) mass is 817 g/mol. The minimum Gasteiger partial charge on any atom is -0.497 e. The molecule has 2 amide bonds. The van der Waals surface area contributed by atoms with Gasteiger partial charge in [0.1, 0.15) is 40.7 Å². The first-order valence-corrected chi connectivity index (χ1v) is 20.2. The van der Waals surface area contributed by atoms with Crippen molar-refractivity contribution in [3.63, 3.8) is 0 Å². The summed E-state index contributed by atoms with van der Waals surface area (Å²) in [7, 11) is 1.57. The number of thioether (sulfide) groups is 1. The highest BCUT2D eigenvalue weighted by Gasteiger charge is 2.54. The van der Waals surface area contributed by atoms with Gasteiger partial charge in [-0.3, -0.25) is 14.5 Å². The predicted octanol–water partition coefficient (Wildman–Crippen LogP) is 6.55. The summed E-state index contributed by atoms with van der Waals surface area (Å²) in [6.07, 6.45) is 5.42. The lowest BCUT2D eigenvalue weighted by Crippen LogP contribution is -2.71. The molecule has 14 heteroatoms. The van der Waals surface area contributed by atoms with E-state index in [2.05, 4.69) is 58.1 Å². The molecule has 288 valence electrons. The highest BCUT2D eigenvalue weighted by molar-refractivity contribution is 8.00. The number of β-lactam (4-membered cyclic amide) rings is 1. The van der Waals surface area contributed by atoms with Crippen molar-refractivity contribution in [2.45, 2.75) is 23.6 Å². The maximum atomic E-state index is 14.0. The maximum absolute atomic E-state index is 14.0. The number of esters is 1. The zero-order valence-electron chi connectivity index (χ0n) is 30.6. The number of nitrogens with one attached hydrogen (secondary N) is 2. The first-order valence-electron chi connectivity index (χ1n) is 17.8. The van der Waals surface area contributed by atoms with Gasteiger partial charge in [0, 0.05) is 17.0 Å². The van der Waals surface area contributed by atoms with Gasteiger partial charge in [0.15, 0.2) is 17.5 Å². The molecule has 0 saturated carbocycles. The Balaban J connectivity index is 1.13. The molecule has 57 heavy (non-hydrogen) atoms. The summed E-state index contributed by atoms with van der Waals surface area (Å²) in [6, 6.07) is 36.2. The summed E-state index contributed by atoms with van der Waals surface area (Å²) in [5.74, 6) is 1.50. The maximum Gasteiger partial charge on any atom is 0.355 e. The molecular formula is C43H36ClN5O6S2. The highest BCUT2D eigenvalue weighted by Crippen LogP contribution is 2.42. The number of carbonyl (C=O) groups is 3. The van der Waals surface area contributed by atoms with Crippen LogP contribution in [0.1, 0.15) is 27.9 Å². The number of ether oxygens (including phenoxy) is 2. The van der Waals surface area contributed by atoms with Crippen molar-refractivity contribution in [1.82, 2.24) is 15.2 Å². The van der Waals surface area contributed by atoms with Crippen LogP contribution in [0.2, 0.25) is 0 Å². The molecule has 0 radical (unpaired) electrons. The molecule has 4 aromatic carbocycles. The van der Waals surface area contributed by atoms with E-state index in [4.69, 9.17) is 37.3 Å². The number of aromatic nitrogens is 1. The number of rotatable bonds is 15. The smallest absolute Gasteiger partial charge is 0.355 e. The highest BCUT2D eigenvalue weighted by atomic mass is 35.5. The topological polar surface area (TPSA) is 131 Å². The third-order valence-electron chi connectivity index (χ3n) is 9.40. The van der Waals surface area contributed by atoms with E-state index in [1.807, 2.05) is 54.6 Å². The van der Waals surface area contributed by atoms with Gasteiger partial charge in [-0.05, 0) is 40.0 Å². The number of hydrogen-bond acceptors (Lipinski definition) is 11. The molecule has 3 heterocycles. The van der Waals surface area contributed by atoms with Crippen LogP contribution in [0.25, 0.3) is 0 Å². The minimum atomic E-state index is -0.986. The third-order valence-corrected chi connectivity index (χ3v) is 11.8. The van der Waals surface area contributed by atoms with E-state index in [9.17, 15) is 14.4 Å². The molecule has 11 nitrogen and oxygen atoms in total. The molecule has 7 rings (SSSR count). The van der Waals surface area contributed by atoms with E-state index in [0.29, 0.717) is 22.2 Å². The molecule has 1 unspecified atom stereocenters. The second-order valence-electron chi connectivity index (χ2n) is 12.8. The Morgan fingerprint density at radius 1 is 0.965 bits per heavy atom. The molecule has 2 N–H and O–H groups in total. The van der Waals surface area contributed by atoms with E-state index in [1.54, 1.807) is 36.8 Å². The van der Waals surface area contributed by atoms with E-state index in [1.165, 1.54) is 28.0 Å². The van der Waals surface area contributed by atoms with Gasteiger partial charge in [-0.15, -0.1) is 41.1 Å². The Hall–Kier alpha value is -6.07. The normalized spacial score (nSPS) is 16.5. The van der Waals surface area contributed by atoms with Crippen LogP contribution in [0.4, 0.5) is 5.13 Å². The molecule has 2 atom stereocenters. The van der Waals surface area contributed by atoms with Crippen LogP contribution in [0.5, 0.6) is 5.75 Å². The number of hydrogen-bond donors (Lipinski definition) is 2. The van der Waals surface area contributed by atoms with Gasteiger partial charge in [0.25, 0.3) is 11.8 Å². The number of anilines is 1. The summed E-state index contributed by atoms with van der Waals surface area (Å²) in [4.78, 5) is 52.6. The lowest BCUT2D eigenvalue weighted by atomic mass is 9.77. The van der Waals surface area contributed by atoms with Gasteiger partial charge in [-0.2, -0.15) is 0 Å². The second-order valence-corrected chi connectivity index (χ2v) is 15.0. The number of halogens is 1. The van der Waals surface area contributed by atoms with Gasteiger partial charge >= 0.3 is 5.97 Å². The molecule has 0 aliphatic carbocycles. The van der Waals surface area contributed by atoms with E-state index >= 15 is 0 Å². The van der Waals surface area contributed by atoms with Gasteiger partial charge in [0.05, 0.1) is 7.11 Å². The van der Waals surface area contributed by atoms with Crippen molar-refractivity contribution in [3.05, 3.63) is 160 Å². The SMILES string of the molecule is C#CCO/N=C(\C(=O)NC1C(=O)N2C(C(=O)OCc3ccc(OC)cc3)=C(CCl)CS[C@H]12)c1csc(NC(c2ccccc2)(c2ccccc2)c2ccccc2)n1. The van der Waals surface area contributed by atoms with Gasteiger partial charge in [0.2, 0.25) is 0 Å². The Labute approximate surface area is 343 Å². The third kappa shape index (κ3) is 8.11. The fourth-order valence-corrected chi connectivity index (χ4v) is 9.07. The molecule has 1 aromatic heterocycles. The number of thiazole rings is 1. The fraction of sp³-hybridized carbons (Fsp3) is 0.186. The van der Waals surface area contributed by atoms with Crippen LogP contribution in [0.15, 0.2) is 137 Å². The Morgan fingerprint density at radius 3 is 2.14 bits per heavy atom. The quantitative estimate of drug-likeness (QED) is 0.0177. The van der Waals surface area contributed by atoms with E-state index in [0.717, 1.165) is 22.3 Å². The zero-order valence-corrected chi connectivity index (χ0v) is 33.0. The minimum absolute atomic E-state index is 0.0208. The average molecular weight is 818 g/mol. The number of amides is 2. The van der Waals surface area contributed by atoms with Crippen molar-refractivity contribution in [3.8, 4) is 18.1 Å². The number of fused-ring (bicyclic) bond motifs is 1. The van der Waals surface area contributed by atoms with Gasteiger partial charge < -0.3 is 24.9 Å². The molecule has 5 aromatic rings. The molecular weight excluding hydrogens is 782 g/mol. The van der Waals surface area contributed by atoms with Crippen LogP contribution >= 0.6 is 34.7 Å². The lowest BCUT2D eigenvalue weighted by Gasteiger charge is -2.49. The number of alkyl halides is 1. The number of benzene rings is 4. The van der Waals surface area contributed by atoms with Crippen LogP contribution < -0.4 is 15.4 Å². The number of terminal acetylenes is 1. The molecule has 2 aliphatic heterocycles. The van der Waals surface area contributed by atoms with Crippen molar-refractivity contribution < 1.29 is 28.7 Å². The Morgan fingerprint density at radius 2 is 1.58 bits per heavy atom. The fourth-order valence-electron chi connectivity index (χ4n) is 6.64. The van der Waals surface area contributed by atoms with Crippen LogP contribution in [0.3, 0.4) is 0 Å². The summed E-state index contributed by atoms with van der Waals surface area (Å²) >= 11 is 8.89. The molecule has 0 bridgehead atoms. The Kier molecular flexibility index (Phi) is 12.2. The zero-order chi connectivity index (χ0) is 39.8. The number of oxime groups is 1. The molecule has 1 saturated heterocycles. The largest absolute Gasteiger partial charge is 0.497 e. The second kappa shape index (κ2) is 17.8. The van der Waals surface area contributed by atoms with Crippen molar-refractivity contribution in [1.29, 1.82) is 0 Å². The van der Waals surface area contributed by atoms with E-state index < -0.39 is 34.7 Å². The standard InChI is InChI=1S/C43H36ClN5O6S2/c1-3-23-55-48-35(34-27-57-42(45-34)47-43(30-13-7-4-8-14-30,31-15-9-5-10-16-31)32-17-11-6-12-18-32)38(50)46-36-39(51)49-37(29(24-44)26-56-40(36)49)41(52)54-25-28-19-21-33(53-2)22-20-28/h1,4-22,27,36,40H,23-26H2,2H3,(H,45,47)(H,46,50)/b48-35-/t36?,40-/m1/s1. The first-order chi connectivity index (χ1) is 27.9. The number of methoxy groups -OCH3 is 1. The Bertz CT molecular complexity index is 2240. The van der Waals surface area contributed by atoms with Crippen molar-refractivity contribution in [2.24, 2.45) is 5.16 Å². The summed E-state index contributed by atoms with van der Waals surface area (Å²) in [6.45, 7) is -0.221.